The molecule has 0 saturated heterocycles. The van der Waals surface area contributed by atoms with Crippen molar-refractivity contribution >= 4 is 27.5 Å². The van der Waals surface area contributed by atoms with Crippen LogP contribution < -0.4 is 5.73 Å². The number of halogens is 2. The van der Waals surface area contributed by atoms with Crippen molar-refractivity contribution in [3.63, 3.8) is 0 Å². The summed E-state index contributed by atoms with van der Waals surface area (Å²) in [6.07, 6.45) is 0. The molecule has 0 aliphatic carbocycles. The van der Waals surface area contributed by atoms with Crippen molar-refractivity contribution in [1.82, 2.24) is 0 Å². The van der Waals surface area contributed by atoms with E-state index in [4.69, 9.17) is 5.73 Å². The summed E-state index contributed by atoms with van der Waals surface area (Å²) in [5.41, 5.74) is 3.54. The average Bonchev–Trinajstić information content (AvgIpc) is 2.07. The van der Waals surface area contributed by atoms with Crippen LogP contribution in [0.2, 0.25) is 0 Å². The molecule has 5 nitrogen and oxygen atoms in total. The van der Waals surface area contributed by atoms with Crippen LogP contribution in [0.1, 0.15) is 10.4 Å². The van der Waals surface area contributed by atoms with Gasteiger partial charge in [-0.15, -0.1) is 0 Å². The van der Waals surface area contributed by atoms with E-state index in [1.807, 2.05) is 0 Å². The highest BCUT2D eigenvalue weighted by Crippen LogP contribution is 2.25. The quantitative estimate of drug-likeness (QED) is 0.649. The van der Waals surface area contributed by atoms with Crippen LogP contribution >= 0.6 is 15.9 Å². The molecule has 0 unspecified atom stereocenters. The Morgan fingerprint density at radius 1 is 1.57 bits per heavy atom. The first-order valence-electron chi connectivity index (χ1n) is 3.36. The molecule has 0 heterocycles. The molecule has 0 aliphatic heterocycles. The number of nitrogens with zero attached hydrogens (tertiary/aromatic N) is 1. The van der Waals surface area contributed by atoms with E-state index in [0.717, 1.165) is 12.1 Å². The fourth-order valence-electron chi connectivity index (χ4n) is 0.887. The summed E-state index contributed by atoms with van der Waals surface area (Å²) in [7, 11) is 0. The fraction of sp³-hybridized carbons (Fsp3) is 0. The maximum absolute atomic E-state index is 13.2. The molecule has 0 saturated carbocycles. The Bertz CT molecular complexity index is 386. The topological polar surface area (TPSA) is 86.2 Å². The molecule has 2 N–H and O–H groups in total. The number of benzene rings is 1. The standard InChI is InChI=1S/C7H4BrFN2O3/c8-3-1-4(7(10)12)6(9)5(2-3)11(13)14/h1-2H,(H2,10,12). The molecule has 0 spiro atoms. The van der Waals surface area contributed by atoms with Crippen LogP contribution in [0.4, 0.5) is 10.1 Å². The molecule has 1 aromatic carbocycles. The molecule has 0 radical (unpaired) electrons. The van der Waals surface area contributed by atoms with E-state index in [0.29, 0.717) is 0 Å². The number of primary amides is 1. The maximum atomic E-state index is 13.2. The molecular formula is C7H4BrFN2O3. The Kier molecular flexibility index (Phi) is 2.80. The lowest BCUT2D eigenvalue weighted by Crippen LogP contribution is -2.14. The lowest BCUT2D eigenvalue weighted by Gasteiger charge is -2.00. The number of nitro groups is 1. The Morgan fingerprint density at radius 2 is 2.14 bits per heavy atom. The number of carbonyl (C=O) groups excluding carboxylic acids is 1. The van der Waals surface area contributed by atoms with Gasteiger partial charge in [0, 0.05) is 10.5 Å². The molecule has 0 atom stereocenters. The highest BCUT2D eigenvalue weighted by atomic mass is 79.9. The van der Waals surface area contributed by atoms with Crippen molar-refractivity contribution in [2.24, 2.45) is 5.73 Å². The predicted octanol–water partition coefficient (Wildman–Crippen LogP) is 1.60. The minimum absolute atomic E-state index is 0.222. The van der Waals surface area contributed by atoms with Crippen molar-refractivity contribution in [3.05, 3.63) is 38.1 Å². The molecule has 1 amide bonds. The van der Waals surface area contributed by atoms with Gasteiger partial charge in [-0.2, -0.15) is 4.39 Å². The zero-order chi connectivity index (χ0) is 10.9. The van der Waals surface area contributed by atoms with Crippen molar-refractivity contribution in [2.75, 3.05) is 0 Å². The predicted molar refractivity (Wildman–Crippen MR) is 49.3 cm³/mol. The third-order valence-electron chi connectivity index (χ3n) is 1.48. The molecule has 0 aromatic heterocycles. The lowest BCUT2D eigenvalue weighted by molar-refractivity contribution is -0.387. The average molecular weight is 263 g/mol. The first-order valence-corrected chi connectivity index (χ1v) is 4.16. The molecule has 0 aliphatic rings. The highest BCUT2D eigenvalue weighted by molar-refractivity contribution is 9.10. The molecule has 74 valence electrons. The van der Waals surface area contributed by atoms with E-state index < -0.39 is 27.9 Å². The first-order chi connectivity index (χ1) is 6.43. The lowest BCUT2D eigenvalue weighted by atomic mass is 10.2. The van der Waals surface area contributed by atoms with Crippen LogP contribution in [0.5, 0.6) is 0 Å². The van der Waals surface area contributed by atoms with Crippen LogP contribution in [-0.2, 0) is 0 Å². The minimum Gasteiger partial charge on any atom is -0.366 e. The van der Waals surface area contributed by atoms with Gasteiger partial charge in [-0.05, 0) is 6.07 Å². The van der Waals surface area contributed by atoms with Crippen molar-refractivity contribution < 1.29 is 14.1 Å². The van der Waals surface area contributed by atoms with Gasteiger partial charge in [0.2, 0.25) is 5.82 Å². The number of nitrogens with two attached hydrogens (primary N) is 1. The summed E-state index contributed by atoms with van der Waals surface area (Å²) in [5, 5.41) is 10.3. The van der Waals surface area contributed by atoms with Gasteiger partial charge in [-0.25, -0.2) is 0 Å². The Balaban J connectivity index is 3.47. The minimum atomic E-state index is -1.22. The Labute approximate surface area is 86.0 Å². The second kappa shape index (κ2) is 3.70. The van der Waals surface area contributed by atoms with Gasteiger partial charge < -0.3 is 5.73 Å². The number of rotatable bonds is 2. The van der Waals surface area contributed by atoms with Gasteiger partial charge in [0.15, 0.2) is 0 Å². The second-order valence-corrected chi connectivity index (χ2v) is 3.32. The number of carbonyl (C=O) groups is 1. The largest absolute Gasteiger partial charge is 0.366 e. The van der Waals surface area contributed by atoms with E-state index in [-0.39, 0.29) is 4.47 Å². The fourth-order valence-corrected chi connectivity index (χ4v) is 1.33. The molecule has 1 aromatic rings. The van der Waals surface area contributed by atoms with Crippen LogP contribution in [-0.4, -0.2) is 10.8 Å². The highest BCUT2D eigenvalue weighted by Gasteiger charge is 2.21. The first kappa shape index (κ1) is 10.6. The molecule has 7 heteroatoms. The van der Waals surface area contributed by atoms with E-state index in [1.165, 1.54) is 0 Å². The van der Waals surface area contributed by atoms with E-state index in [1.54, 1.807) is 0 Å². The zero-order valence-corrected chi connectivity index (χ0v) is 8.25. The van der Waals surface area contributed by atoms with E-state index in [2.05, 4.69) is 15.9 Å². The summed E-state index contributed by atoms with van der Waals surface area (Å²) >= 11 is 2.90. The molecular weight excluding hydrogens is 259 g/mol. The number of hydrogen-bond acceptors (Lipinski definition) is 3. The zero-order valence-electron chi connectivity index (χ0n) is 6.66. The summed E-state index contributed by atoms with van der Waals surface area (Å²) in [6, 6.07) is 2.05. The SMILES string of the molecule is NC(=O)c1cc(Br)cc([N+](=O)[O-])c1F. The van der Waals surface area contributed by atoms with Gasteiger partial charge in [-0.3, -0.25) is 14.9 Å². The van der Waals surface area contributed by atoms with Crippen molar-refractivity contribution in [3.8, 4) is 0 Å². The van der Waals surface area contributed by atoms with Crippen LogP contribution in [0, 0.1) is 15.9 Å². The third kappa shape index (κ3) is 1.87. The smallest absolute Gasteiger partial charge is 0.306 e. The van der Waals surface area contributed by atoms with Crippen molar-refractivity contribution in [1.29, 1.82) is 0 Å². The second-order valence-electron chi connectivity index (χ2n) is 2.41. The van der Waals surface area contributed by atoms with Gasteiger partial charge in [-0.1, -0.05) is 15.9 Å². The van der Waals surface area contributed by atoms with Gasteiger partial charge in [0.25, 0.3) is 5.91 Å². The third-order valence-corrected chi connectivity index (χ3v) is 1.94. The monoisotopic (exact) mass is 262 g/mol. The van der Waals surface area contributed by atoms with Crippen LogP contribution in [0.15, 0.2) is 16.6 Å². The summed E-state index contributed by atoms with van der Waals surface area (Å²) in [4.78, 5) is 20.1. The van der Waals surface area contributed by atoms with E-state index in [9.17, 15) is 19.3 Å². The molecule has 1 rings (SSSR count). The molecule has 0 fully saturated rings. The molecule has 0 bridgehead atoms. The van der Waals surface area contributed by atoms with Gasteiger partial charge >= 0.3 is 5.69 Å². The number of hydrogen-bond donors (Lipinski definition) is 1. The summed E-state index contributed by atoms with van der Waals surface area (Å²) in [6.45, 7) is 0. The maximum Gasteiger partial charge on any atom is 0.306 e. The Morgan fingerprint density at radius 3 is 2.57 bits per heavy atom. The van der Waals surface area contributed by atoms with Crippen molar-refractivity contribution in [2.45, 2.75) is 0 Å². The number of nitro benzene ring substituents is 1. The van der Waals surface area contributed by atoms with E-state index >= 15 is 0 Å². The van der Waals surface area contributed by atoms with Crippen LogP contribution in [0.25, 0.3) is 0 Å². The van der Waals surface area contributed by atoms with Crippen LogP contribution in [0.3, 0.4) is 0 Å². The summed E-state index contributed by atoms with van der Waals surface area (Å²) in [5.74, 6) is -2.27. The Hall–Kier alpha value is -1.50. The molecule has 14 heavy (non-hydrogen) atoms. The summed E-state index contributed by atoms with van der Waals surface area (Å²) < 4.78 is 13.4. The number of amides is 1. The van der Waals surface area contributed by atoms with Gasteiger partial charge in [0.05, 0.1) is 10.5 Å². The normalized spacial score (nSPS) is 9.86. The van der Waals surface area contributed by atoms with Gasteiger partial charge in [0.1, 0.15) is 0 Å².